The van der Waals surface area contributed by atoms with Crippen molar-refractivity contribution in [1.82, 2.24) is 0 Å². The number of esters is 2. The number of halogens is 5. The molecule has 7 nitrogen and oxygen atoms in total. The van der Waals surface area contributed by atoms with Gasteiger partial charge in [0, 0.05) is 27.2 Å². The summed E-state index contributed by atoms with van der Waals surface area (Å²) in [6, 6.07) is 18.8. The zero-order chi connectivity index (χ0) is 29.5. The van der Waals surface area contributed by atoms with Crippen LogP contribution in [0.2, 0.25) is 25.1 Å². The van der Waals surface area contributed by atoms with E-state index in [9.17, 15) is 9.59 Å². The van der Waals surface area contributed by atoms with Gasteiger partial charge in [-0.05, 0) is 67.1 Å². The van der Waals surface area contributed by atoms with Gasteiger partial charge in [-0.2, -0.15) is 0 Å². The van der Waals surface area contributed by atoms with Crippen molar-refractivity contribution >= 4 is 69.9 Å². The molecule has 0 fully saturated rings. The molecule has 0 spiro atoms. The Labute approximate surface area is 260 Å². The van der Waals surface area contributed by atoms with Crippen LogP contribution >= 0.6 is 58.0 Å². The van der Waals surface area contributed by atoms with E-state index in [2.05, 4.69) is 0 Å². The van der Waals surface area contributed by atoms with E-state index in [0.29, 0.717) is 25.8 Å². The molecule has 0 atom stereocenters. The standard InChI is InChI=1S/C29H19Cl5O7/c1-16-2-6-22(20(33)10-16)38-24-8-4-18(31)12-26(24)40-28(35)14-37-15-29(36)41-27-13-19(32)5-9-25(27)39-23-7-3-17(30)11-21(23)34/h2-13H,14-15H2,1H3. The van der Waals surface area contributed by atoms with Gasteiger partial charge < -0.3 is 23.7 Å². The van der Waals surface area contributed by atoms with E-state index in [1.807, 2.05) is 13.0 Å². The second-order valence-corrected chi connectivity index (χ2v) is 10.5. The molecule has 4 aromatic carbocycles. The van der Waals surface area contributed by atoms with Crippen LogP contribution in [-0.4, -0.2) is 25.2 Å². The lowest BCUT2D eigenvalue weighted by Crippen LogP contribution is -2.21. The molecule has 0 amide bonds. The fraction of sp³-hybridized carbons (Fsp3) is 0.103. The number of hydrogen-bond donors (Lipinski definition) is 0. The molecule has 0 aliphatic carbocycles. The normalized spacial score (nSPS) is 10.7. The SMILES string of the molecule is Cc1ccc(Oc2ccc(Cl)cc2OC(=O)COCC(=O)Oc2cc(Cl)ccc2Oc2ccc(Cl)cc2Cl)c(Cl)c1. The number of benzene rings is 4. The molecule has 0 saturated carbocycles. The lowest BCUT2D eigenvalue weighted by Gasteiger charge is -2.14. The molecule has 0 saturated heterocycles. The number of carbonyl (C=O) groups is 2. The van der Waals surface area contributed by atoms with E-state index in [0.717, 1.165) is 5.56 Å². The molecule has 0 bridgehead atoms. The van der Waals surface area contributed by atoms with Gasteiger partial charge in [-0.15, -0.1) is 0 Å². The Kier molecular flexibility index (Phi) is 10.6. The van der Waals surface area contributed by atoms with Crippen LogP contribution in [-0.2, 0) is 14.3 Å². The van der Waals surface area contributed by atoms with Gasteiger partial charge in [-0.1, -0.05) is 64.1 Å². The average molecular weight is 657 g/mol. The Balaban J connectivity index is 1.34. The zero-order valence-electron chi connectivity index (χ0n) is 21.1. The van der Waals surface area contributed by atoms with Crippen LogP contribution in [0.15, 0.2) is 72.8 Å². The van der Waals surface area contributed by atoms with Crippen LogP contribution in [0.1, 0.15) is 5.56 Å². The van der Waals surface area contributed by atoms with Gasteiger partial charge >= 0.3 is 11.9 Å². The first-order valence-corrected chi connectivity index (χ1v) is 13.6. The lowest BCUT2D eigenvalue weighted by molar-refractivity contribution is -0.145. The molecule has 212 valence electrons. The van der Waals surface area contributed by atoms with Crippen molar-refractivity contribution in [2.45, 2.75) is 6.92 Å². The highest BCUT2D eigenvalue weighted by Crippen LogP contribution is 2.39. The molecule has 0 aromatic heterocycles. The molecular weight excluding hydrogens is 638 g/mol. The minimum atomic E-state index is -0.826. The van der Waals surface area contributed by atoms with Crippen LogP contribution in [0.3, 0.4) is 0 Å². The van der Waals surface area contributed by atoms with Crippen LogP contribution in [0.5, 0.6) is 34.5 Å². The third kappa shape index (κ3) is 8.91. The van der Waals surface area contributed by atoms with Crippen LogP contribution in [0.4, 0.5) is 0 Å². The highest BCUT2D eigenvalue weighted by Gasteiger charge is 2.17. The summed E-state index contributed by atoms with van der Waals surface area (Å²) in [5, 5.41) is 1.65. The van der Waals surface area contributed by atoms with Crippen LogP contribution in [0, 0.1) is 6.92 Å². The molecule has 4 aromatic rings. The molecule has 0 N–H and O–H groups in total. The van der Waals surface area contributed by atoms with Crippen molar-refractivity contribution in [3.8, 4) is 34.5 Å². The summed E-state index contributed by atoms with van der Waals surface area (Å²) < 4.78 is 27.5. The molecule has 41 heavy (non-hydrogen) atoms. The number of ether oxygens (including phenoxy) is 5. The maximum absolute atomic E-state index is 12.5. The minimum Gasteiger partial charge on any atom is -0.452 e. The summed E-state index contributed by atoms with van der Waals surface area (Å²) in [6.07, 6.45) is 0. The lowest BCUT2D eigenvalue weighted by atomic mass is 10.2. The first-order valence-electron chi connectivity index (χ1n) is 11.7. The summed E-state index contributed by atoms with van der Waals surface area (Å²) in [5.41, 5.74) is 0.950. The largest absolute Gasteiger partial charge is 0.452 e. The van der Waals surface area contributed by atoms with Crippen molar-refractivity contribution in [1.29, 1.82) is 0 Å². The van der Waals surface area contributed by atoms with Crippen molar-refractivity contribution in [3.63, 3.8) is 0 Å². The quantitative estimate of drug-likeness (QED) is 0.124. The highest BCUT2D eigenvalue weighted by atomic mass is 35.5. The first-order chi connectivity index (χ1) is 19.6. The maximum Gasteiger partial charge on any atom is 0.337 e. The van der Waals surface area contributed by atoms with Crippen molar-refractivity contribution < 1.29 is 33.3 Å². The van der Waals surface area contributed by atoms with Gasteiger partial charge in [0.1, 0.15) is 24.7 Å². The maximum atomic E-state index is 12.5. The molecule has 0 radical (unpaired) electrons. The summed E-state index contributed by atoms with van der Waals surface area (Å²) >= 11 is 30.5. The van der Waals surface area contributed by atoms with Gasteiger partial charge in [-0.25, -0.2) is 9.59 Å². The van der Waals surface area contributed by atoms with Gasteiger partial charge in [-0.3, -0.25) is 0 Å². The first kappa shape index (κ1) is 30.8. The predicted octanol–water partition coefficient (Wildman–Crippen LogP) is 9.37. The summed E-state index contributed by atoms with van der Waals surface area (Å²) in [6.45, 7) is 0.728. The monoisotopic (exact) mass is 654 g/mol. The zero-order valence-corrected chi connectivity index (χ0v) is 24.9. The summed E-state index contributed by atoms with van der Waals surface area (Å²) in [7, 11) is 0. The molecule has 0 aliphatic heterocycles. The smallest absolute Gasteiger partial charge is 0.337 e. The number of hydrogen-bond acceptors (Lipinski definition) is 7. The molecule has 0 unspecified atom stereocenters. The Morgan fingerprint density at radius 1 is 0.537 bits per heavy atom. The Morgan fingerprint density at radius 2 is 0.951 bits per heavy atom. The average Bonchev–Trinajstić information content (AvgIpc) is 2.90. The van der Waals surface area contributed by atoms with Gasteiger partial charge in [0.25, 0.3) is 0 Å². The topological polar surface area (TPSA) is 80.3 Å². The Hall–Kier alpha value is -3.17. The van der Waals surface area contributed by atoms with Crippen LogP contribution in [0.25, 0.3) is 0 Å². The highest BCUT2D eigenvalue weighted by molar-refractivity contribution is 6.35. The minimum absolute atomic E-state index is 0.00942. The van der Waals surface area contributed by atoms with Crippen molar-refractivity contribution in [2.24, 2.45) is 0 Å². The summed E-state index contributed by atoms with van der Waals surface area (Å²) in [4.78, 5) is 24.9. The molecule has 12 heteroatoms. The van der Waals surface area contributed by atoms with Gasteiger partial charge in [0.15, 0.2) is 23.0 Å². The van der Waals surface area contributed by atoms with Crippen molar-refractivity contribution in [2.75, 3.05) is 13.2 Å². The van der Waals surface area contributed by atoms with E-state index >= 15 is 0 Å². The van der Waals surface area contributed by atoms with E-state index < -0.39 is 25.2 Å². The van der Waals surface area contributed by atoms with Crippen LogP contribution < -0.4 is 18.9 Å². The summed E-state index contributed by atoms with van der Waals surface area (Å²) in [5.74, 6) is -0.600. The fourth-order valence-corrected chi connectivity index (χ4v) is 4.34. The third-order valence-electron chi connectivity index (χ3n) is 5.12. The third-order valence-corrected chi connectivity index (χ3v) is 6.42. The van der Waals surface area contributed by atoms with E-state index in [4.69, 9.17) is 81.7 Å². The molecule has 4 rings (SSSR count). The second kappa shape index (κ2) is 14.1. The second-order valence-electron chi connectivity index (χ2n) is 8.34. The molecular formula is C29H19Cl5O7. The Morgan fingerprint density at radius 3 is 1.41 bits per heavy atom. The fourth-order valence-electron chi connectivity index (χ4n) is 3.30. The number of aryl methyl sites for hydroxylation is 1. The molecule has 0 aliphatic rings. The molecule has 0 heterocycles. The van der Waals surface area contributed by atoms with Gasteiger partial charge in [0.05, 0.1) is 10.0 Å². The van der Waals surface area contributed by atoms with E-state index in [1.165, 1.54) is 30.3 Å². The Bertz CT molecular complexity index is 1480. The van der Waals surface area contributed by atoms with Gasteiger partial charge in [0.2, 0.25) is 0 Å². The van der Waals surface area contributed by atoms with E-state index in [1.54, 1.807) is 36.4 Å². The van der Waals surface area contributed by atoms with E-state index in [-0.39, 0.29) is 33.8 Å². The number of rotatable bonds is 10. The number of carbonyl (C=O) groups excluding carboxylic acids is 2. The predicted molar refractivity (Wildman–Crippen MR) is 158 cm³/mol. The van der Waals surface area contributed by atoms with Crippen molar-refractivity contribution in [3.05, 3.63) is 103 Å².